The van der Waals surface area contributed by atoms with Crippen molar-refractivity contribution in [1.29, 1.82) is 0 Å². The lowest BCUT2D eigenvalue weighted by Gasteiger charge is -2.23. The first-order chi connectivity index (χ1) is 10.0. The minimum absolute atomic E-state index is 0.0562. The van der Waals surface area contributed by atoms with Crippen molar-refractivity contribution in [3.63, 3.8) is 0 Å². The molecular weight excluding hydrogens is 292 g/mol. The number of primary amides is 1. The topological polar surface area (TPSA) is 138 Å². The van der Waals surface area contributed by atoms with E-state index in [2.05, 4.69) is 0 Å². The molecule has 0 aromatic rings. The van der Waals surface area contributed by atoms with Gasteiger partial charge in [0.2, 0.25) is 11.8 Å². The number of rotatable bonds is 6. The number of carbonyl (C=O) groups is 4. The number of hydrogen-bond donors (Lipinski definition) is 3. The number of hydrogen-bond acceptors (Lipinski definition) is 4. The molecule has 8 nitrogen and oxygen atoms in total. The zero-order valence-corrected chi connectivity index (χ0v) is 13.2. The Morgan fingerprint density at radius 3 is 2.09 bits per heavy atom. The minimum atomic E-state index is -1.16. The number of nitrogens with two attached hydrogens (primary N) is 1. The predicted octanol–water partition coefficient (Wildman–Crippen LogP) is 0.445. The molecule has 1 aliphatic heterocycles. The van der Waals surface area contributed by atoms with E-state index >= 15 is 0 Å². The molecule has 1 heterocycles. The molecule has 0 spiro atoms. The molecule has 0 bridgehead atoms. The van der Waals surface area contributed by atoms with Crippen LogP contribution < -0.4 is 5.73 Å². The van der Waals surface area contributed by atoms with Crippen LogP contribution in [0, 0.1) is 5.41 Å². The number of amides is 2. The van der Waals surface area contributed by atoms with Crippen LogP contribution in [-0.4, -0.2) is 51.5 Å². The maximum Gasteiger partial charge on any atom is 0.309 e. The van der Waals surface area contributed by atoms with Gasteiger partial charge < -0.3 is 20.8 Å². The molecule has 4 N–H and O–H groups in total. The molecule has 22 heavy (non-hydrogen) atoms. The monoisotopic (exact) mass is 316 g/mol. The van der Waals surface area contributed by atoms with E-state index in [4.69, 9.17) is 15.9 Å². The fraction of sp³-hybridized carbons (Fsp3) is 0.714. The van der Waals surface area contributed by atoms with Crippen LogP contribution in [0.2, 0.25) is 0 Å². The maximum atomic E-state index is 11.2. The number of carboxylic acid groups (broad SMARTS) is 2. The summed E-state index contributed by atoms with van der Waals surface area (Å²) in [6.07, 6.45) is 1.68. The minimum Gasteiger partial charge on any atom is -0.481 e. The zero-order chi connectivity index (χ0) is 17.5. The molecule has 0 aromatic heterocycles. The molecule has 0 radical (unpaired) electrons. The van der Waals surface area contributed by atoms with Gasteiger partial charge in [-0.05, 0) is 26.7 Å². The molecule has 0 aromatic carbocycles. The van der Waals surface area contributed by atoms with Gasteiger partial charge in [0.25, 0.3) is 0 Å². The third-order valence-corrected chi connectivity index (χ3v) is 3.37. The first-order valence-electron chi connectivity index (χ1n) is 7.07. The number of nitrogens with zero attached hydrogens (tertiary/aromatic N) is 1. The SMILES string of the molecule is CC(C)(CC(=O)O)C(=O)O.CC[C@@H](C(N)=O)N1CCCC1=O. The Kier molecular flexibility index (Phi) is 7.55. The standard InChI is InChI=1S/C8H14N2O2.C6H10O4/c1-2-6(8(9)12)10-5-3-4-7(10)11;1-6(2,5(9)10)3-4(7)8/h6H,2-5H2,1H3,(H2,9,12);3H2,1-2H3,(H,7,8)(H,9,10)/t6-;/m0./s1. The first-order valence-corrected chi connectivity index (χ1v) is 7.07. The summed E-state index contributed by atoms with van der Waals surface area (Å²) in [4.78, 5) is 44.0. The van der Waals surface area contributed by atoms with E-state index in [1.54, 1.807) is 4.90 Å². The van der Waals surface area contributed by atoms with Gasteiger partial charge in [-0.2, -0.15) is 0 Å². The van der Waals surface area contributed by atoms with Crippen LogP contribution in [0.1, 0.15) is 46.5 Å². The Balaban J connectivity index is 0.000000409. The van der Waals surface area contributed by atoms with Gasteiger partial charge in [0.15, 0.2) is 0 Å². The highest BCUT2D eigenvalue weighted by atomic mass is 16.4. The van der Waals surface area contributed by atoms with E-state index < -0.39 is 23.3 Å². The van der Waals surface area contributed by atoms with Crippen molar-refractivity contribution in [2.24, 2.45) is 11.1 Å². The van der Waals surface area contributed by atoms with E-state index in [9.17, 15) is 19.2 Å². The van der Waals surface area contributed by atoms with Crippen molar-refractivity contribution < 1.29 is 29.4 Å². The fourth-order valence-corrected chi connectivity index (χ4v) is 2.03. The average Bonchev–Trinajstić information content (AvgIpc) is 2.75. The van der Waals surface area contributed by atoms with Gasteiger partial charge in [-0.1, -0.05) is 6.92 Å². The van der Waals surface area contributed by atoms with E-state index in [1.807, 2.05) is 6.92 Å². The summed E-state index contributed by atoms with van der Waals surface area (Å²) in [6.45, 7) is 5.30. The molecule has 1 atom stereocenters. The van der Waals surface area contributed by atoms with E-state index in [0.29, 0.717) is 19.4 Å². The zero-order valence-electron chi connectivity index (χ0n) is 13.2. The van der Waals surface area contributed by atoms with Gasteiger partial charge >= 0.3 is 11.9 Å². The predicted molar refractivity (Wildman–Crippen MR) is 77.9 cm³/mol. The summed E-state index contributed by atoms with van der Waals surface area (Å²) >= 11 is 0. The lowest BCUT2D eigenvalue weighted by atomic mass is 9.90. The van der Waals surface area contributed by atoms with Gasteiger partial charge in [-0.15, -0.1) is 0 Å². The molecule has 1 fully saturated rings. The molecule has 1 saturated heterocycles. The van der Waals surface area contributed by atoms with E-state index in [-0.39, 0.29) is 18.4 Å². The van der Waals surface area contributed by atoms with Crippen molar-refractivity contribution in [2.45, 2.75) is 52.5 Å². The molecule has 0 aliphatic carbocycles. The van der Waals surface area contributed by atoms with Gasteiger partial charge in [0.05, 0.1) is 11.8 Å². The third-order valence-electron chi connectivity index (χ3n) is 3.37. The highest BCUT2D eigenvalue weighted by molar-refractivity contribution is 5.87. The van der Waals surface area contributed by atoms with Crippen LogP contribution in [0.3, 0.4) is 0 Å². The molecule has 1 aliphatic rings. The molecule has 0 unspecified atom stereocenters. The van der Waals surface area contributed by atoms with Crippen molar-refractivity contribution in [2.75, 3.05) is 6.54 Å². The molecule has 0 saturated carbocycles. The Bertz CT molecular complexity index is 447. The van der Waals surface area contributed by atoms with Crippen LogP contribution in [0.25, 0.3) is 0 Å². The molecule has 1 rings (SSSR count). The first kappa shape index (κ1) is 19.9. The number of carboxylic acids is 2. The Morgan fingerprint density at radius 2 is 1.86 bits per heavy atom. The van der Waals surface area contributed by atoms with Crippen molar-refractivity contribution >= 4 is 23.8 Å². The summed E-state index contributed by atoms with van der Waals surface area (Å²) < 4.78 is 0. The number of aliphatic carboxylic acids is 2. The third kappa shape index (κ3) is 6.11. The van der Waals surface area contributed by atoms with Crippen molar-refractivity contribution in [3.05, 3.63) is 0 Å². The lowest BCUT2D eigenvalue weighted by molar-refractivity contribution is -0.153. The number of likely N-dealkylation sites (tertiary alicyclic amines) is 1. The van der Waals surface area contributed by atoms with Gasteiger partial charge in [0, 0.05) is 13.0 Å². The quantitative estimate of drug-likeness (QED) is 0.650. The molecule has 126 valence electrons. The fourth-order valence-electron chi connectivity index (χ4n) is 2.03. The summed E-state index contributed by atoms with van der Waals surface area (Å²) in [5.41, 5.74) is 4.00. The number of carbonyl (C=O) groups excluding carboxylic acids is 2. The van der Waals surface area contributed by atoms with Crippen LogP contribution in [0.4, 0.5) is 0 Å². The summed E-state index contributed by atoms with van der Waals surface area (Å²) in [7, 11) is 0. The Morgan fingerprint density at radius 1 is 1.32 bits per heavy atom. The van der Waals surface area contributed by atoms with Crippen molar-refractivity contribution in [1.82, 2.24) is 4.90 Å². The van der Waals surface area contributed by atoms with Gasteiger partial charge in [0.1, 0.15) is 6.04 Å². The highest BCUT2D eigenvalue weighted by Crippen LogP contribution is 2.19. The molecule has 8 heteroatoms. The van der Waals surface area contributed by atoms with Gasteiger partial charge in [-0.3, -0.25) is 19.2 Å². The largest absolute Gasteiger partial charge is 0.481 e. The molecule has 2 amide bonds. The van der Waals surface area contributed by atoms with E-state index in [0.717, 1.165) is 6.42 Å². The molecular formula is C14H24N2O6. The van der Waals surface area contributed by atoms with Crippen LogP contribution >= 0.6 is 0 Å². The van der Waals surface area contributed by atoms with Gasteiger partial charge in [-0.25, -0.2) is 0 Å². The van der Waals surface area contributed by atoms with E-state index in [1.165, 1.54) is 13.8 Å². The van der Waals surface area contributed by atoms with Crippen LogP contribution in [0.15, 0.2) is 0 Å². The Hall–Kier alpha value is -2.12. The second-order valence-electron chi connectivity index (χ2n) is 5.78. The average molecular weight is 316 g/mol. The second-order valence-corrected chi connectivity index (χ2v) is 5.78. The summed E-state index contributed by atoms with van der Waals surface area (Å²) in [5, 5.41) is 16.7. The lowest BCUT2D eigenvalue weighted by Crippen LogP contribution is -2.44. The second kappa shape index (κ2) is 8.35. The summed E-state index contributed by atoms with van der Waals surface area (Å²) in [5.74, 6) is -2.52. The highest BCUT2D eigenvalue weighted by Gasteiger charge is 2.30. The normalized spacial score (nSPS) is 15.8. The van der Waals surface area contributed by atoms with Crippen LogP contribution in [-0.2, 0) is 19.2 Å². The maximum absolute atomic E-state index is 11.2. The Labute approximate surface area is 129 Å². The summed E-state index contributed by atoms with van der Waals surface area (Å²) in [6, 6.07) is -0.389. The van der Waals surface area contributed by atoms with Crippen molar-refractivity contribution in [3.8, 4) is 0 Å². The smallest absolute Gasteiger partial charge is 0.309 e. The van der Waals surface area contributed by atoms with Crippen LogP contribution in [0.5, 0.6) is 0 Å².